The van der Waals surface area contributed by atoms with Crippen LogP contribution in [0.4, 0.5) is 5.69 Å². The molecule has 2 aromatic carbocycles. The van der Waals surface area contributed by atoms with Crippen LogP contribution in [0.1, 0.15) is 49.9 Å². The predicted octanol–water partition coefficient (Wildman–Crippen LogP) is 4.71. The number of rotatable bonds is 1. The zero-order chi connectivity index (χ0) is 19.4. The van der Waals surface area contributed by atoms with Gasteiger partial charge >= 0.3 is 0 Å². The second-order valence-electron chi connectivity index (χ2n) is 8.15. The highest BCUT2D eigenvalue weighted by Gasteiger charge is 2.45. The van der Waals surface area contributed by atoms with E-state index in [1.807, 2.05) is 24.3 Å². The van der Waals surface area contributed by atoms with Gasteiger partial charge in [-0.05, 0) is 43.7 Å². The highest BCUT2D eigenvalue weighted by Crippen LogP contribution is 2.45. The first-order chi connectivity index (χ1) is 12.8. The highest BCUT2D eigenvalue weighted by molar-refractivity contribution is 6.16. The number of nitrogen functional groups attached to an aromatic ring is 1. The number of hydrogen-bond acceptors (Lipinski definition) is 3. The van der Waals surface area contributed by atoms with E-state index in [2.05, 4.69) is 56.8 Å². The zero-order valence-electron chi connectivity index (χ0n) is 16.2. The van der Waals surface area contributed by atoms with E-state index < -0.39 is 0 Å². The van der Waals surface area contributed by atoms with Gasteiger partial charge in [0.2, 0.25) is 0 Å². The molecule has 0 fully saturated rings. The first-order valence-electron chi connectivity index (χ1n) is 9.11. The Labute approximate surface area is 160 Å². The summed E-state index contributed by atoms with van der Waals surface area (Å²) in [5, 5.41) is 0.940. The molecular formula is C24H23N3. The molecule has 2 heterocycles. The number of aliphatic imine (C=N–C) groups is 1. The Bertz CT molecular complexity index is 1140. The van der Waals surface area contributed by atoms with Gasteiger partial charge < -0.3 is 5.73 Å². The van der Waals surface area contributed by atoms with Crippen LogP contribution in [-0.2, 0) is 5.41 Å². The molecular weight excluding hydrogens is 330 g/mol. The molecule has 27 heavy (non-hydrogen) atoms. The van der Waals surface area contributed by atoms with Crippen molar-refractivity contribution in [2.24, 2.45) is 4.99 Å². The number of aromatic nitrogens is 1. The van der Waals surface area contributed by atoms with Gasteiger partial charge in [-0.3, -0.25) is 9.98 Å². The van der Waals surface area contributed by atoms with E-state index in [1.165, 1.54) is 5.56 Å². The fourth-order valence-electron chi connectivity index (χ4n) is 3.86. The summed E-state index contributed by atoms with van der Waals surface area (Å²) in [5.74, 6) is 2.87. The maximum atomic E-state index is 6.18. The molecule has 3 aromatic rings. The second kappa shape index (κ2) is 5.69. The molecule has 0 amide bonds. The molecule has 1 aliphatic heterocycles. The van der Waals surface area contributed by atoms with Crippen LogP contribution in [0.3, 0.4) is 0 Å². The molecule has 0 spiro atoms. The van der Waals surface area contributed by atoms with Crippen LogP contribution in [0.15, 0.2) is 53.7 Å². The average molecular weight is 353 g/mol. The fraction of sp³-hybridized carbons (Fsp3) is 0.250. The minimum absolute atomic E-state index is 0.188. The molecule has 0 saturated carbocycles. The van der Waals surface area contributed by atoms with Gasteiger partial charge in [-0.15, -0.1) is 6.42 Å². The first kappa shape index (κ1) is 17.3. The van der Waals surface area contributed by atoms with Crippen molar-refractivity contribution in [3.8, 4) is 12.3 Å². The van der Waals surface area contributed by atoms with E-state index in [1.54, 1.807) is 6.20 Å². The van der Waals surface area contributed by atoms with Crippen LogP contribution >= 0.6 is 0 Å². The van der Waals surface area contributed by atoms with Crippen LogP contribution in [0.2, 0.25) is 0 Å². The zero-order valence-corrected chi connectivity index (χ0v) is 16.2. The predicted molar refractivity (Wildman–Crippen MR) is 113 cm³/mol. The minimum Gasteiger partial charge on any atom is -0.398 e. The van der Waals surface area contributed by atoms with E-state index in [0.29, 0.717) is 0 Å². The molecule has 0 bridgehead atoms. The second-order valence-corrected chi connectivity index (χ2v) is 8.15. The largest absolute Gasteiger partial charge is 0.398 e. The molecule has 0 atom stereocenters. The SMILES string of the molecule is C#Cc1cccc2c1C(C)(C)C(C)(C)N=C2c1ccc2nccc(N)c2c1. The number of pyridine rings is 1. The molecule has 3 heteroatoms. The Kier molecular flexibility index (Phi) is 3.65. The van der Waals surface area contributed by atoms with E-state index in [-0.39, 0.29) is 11.0 Å². The Hall–Kier alpha value is -3.12. The molecule has 134 valence electrons. The lowest BCUT2D eigenvalue weighted by Gasteiger charge is -2.45. The number of nitrogens with two attached hydrogens (primary N) is 1. The Morgan fingerprint density at radius 2 is 1.81 bits per heavy atom. The van der Waals surface area contributed by atoms with Crippen molar-refractivity contribution in [2.45, 2.75) is 38.6 Å². The van der Waals surface area contributed by atoms with Crippen LogP contribution in [0.25, 0.3) is 10.9 Å². The van der Waals surface area contributed by atoms with Crippen LogP contribution < -0.4 is 5.73 Å². The third kappa shape index (κ3) is 2.44. The van der Waals surface area contributed by atoms with Gasteiger partial charge in [0.15, 0.2) is 0 Å². The summed E-state index contributed by atoms with van der Waals surface area (Å²) < 4.78 is 0. The van der Waals surface area contributed by atoms with Crippen molar-refractivity contribution in [3.63, 3.8) is 0 Å². The van der Waals surface area contributed by atoms with Crippen LogP contribution in [0, 0.1) is 12.3 Å². The van der Waals surface area contributed by atoms with Gasteiger partial charge in [0.05, 0.1) is 16.8 Å². The van der Waals surface area contributed by atoms with Gasteiger partial charge in [-0.25, -0.2) is 0 Å². The highest BCUT2D eigenvalue weighted by atomic mass is 14.9. The minimum atomic E-state index is -0.308. The van der Waals surface area contributed by atoms with Crippen LogP contribution in [-0.4, -0.2) is 16.2 Å². The first-order valence-corrected chi connectivity index (χ1v) is 9.11. The van der Waals surface area contributed by atoms with Crippen molar-refractivity contribution >= 4 is 22.3 Å². The van der Waals surface area contributed by atoms with E-state index in [9.17, 15) is 0 Å². The van der Waals surface area contributed by atoms with Gasteiger partial charge in [0.1, 0.15) is 0 Å². The lowest BCUT2D eigenvalue weighted by Crippen LogP contribution is -2.46. The number of anilines is 1. The number of terminal acetylenes is 1. The van der Waals surface area contributed by atoms with Crippen molar-refractivity contribution in [1.29, 1.82) is 0 Å². The molecule has 1 aromatic heterocycles. The third-order valence-electron chi connectivity index (χ3n) is 6.07. The fourth-order valence-corrected chi connectivity index (χ4v) is 3.86. The van der Waals surface area contributed by atoms with Gasteiger partial charge in [-0.2, -0.15) is 0 Å². The van der Waals surface area contributed by atoms with E-state index >= 15 is 0 Å². The molecule has 4 rings (SSSR count). The van der Waals surface area contributed by atoms with Gasteiger partial charge in [-0.1, -0.05) is 38.0 Å². The quantitative estimate of drug-likeness (QED) is 0.644. The molecule has 0 unspecified atom stereocenters. The maximum Gasteiger partial charge on any atom is 0.0729 e. The van der Waals surface area contributed by atoms with Crippen molar-refractivity contribution in [3.05, 3.63) is 70.9 Å². The molecule has 0 aliphatic carbocycles. The lowest BCUT2D eigenvalue weighted by atomic mass is 9.64. The van der Waals surface area contributed by atoms with Crippen molar-refractivity contribution in [2.75, 3.05) is 5.73 Å². The van der Waals surface area contributed by atoms with Crippen molar-refractivity contribution in [1.82, 2.24) is 4.98 Å². The number of hydrogen-bond donors (Lipinski definition) is 1. The summed E-state index contributed by atoms with van der Waals surface area (Å²) in [6.45, 7) is 8.77. The topological polar surface area (TPSA) is 51.3 Å². The average Bonchev–Trinajstić information content (AvgIpc) is 2.64. The van der Waals surface area contributed by atoms with Crippen LogP contribution in [0.5, 0.6) is 0 Å². The standard InChI is InChI=1S/C24H23N3/c1-6-15-8-7-9-17-21(15)23(2,3)24(4,5)27-22(17)16-10-11-20-18(14-16)19(25)12-13-26-20/h1,7-14H,2-5H3,(H2,25,26). The molecule has 2 N–H and O–H groups in total. The van der Waals surface area contributed by atoms with E-state index in [4.69, 9.17) is 17.1 Å². The number of nitrogens with zero attached hydrogens (tertiary/aromatic N) is 2. The Balaban J connectivity index is 2.04. The molecule has 1 aliphatic rings. The Morgan fingerprint density at radius 3 is 2.56 bits per heavy atom. The lowest BCUT2D eigenvalue weighted by molar-refractivity contribution is 0.303. The normalized spacial score (nSPS) is 17.1. The third-order valence-corrected chi connectivity index (χ3v) is 6.07. The number of benzene rings is 2. The smallest absolute Gasteiger partial charge is 0.0729 e. The summed E-state index contributed by atoms with van der Waals surface area (Å²) in [4.78, 5) is 9.58. The summed E-state index contributed by atoms with van der Waals surface area (Å²) in [6.07, 6.45) is 7.58. The number of fused-ring (bicyclic) bond motifs is 2. The van der Waals surface area contributed by atoms with Gasteiger partial charge in [0.25, 0.3) is 0 Å². The van der Waals surface area contributed by atoms with Gasteiger partial charge in [0, 0.05) is 39.4 Å². The molecule has 3 nitrogen and oxygen atoms in total. The monoisotopic (exact) mass is 353 g/mol. The maximum absolute atomic E-state index is 6.18. The molecule has 0 saturated heterocycles. The summed E-state index contributed by atoms with van der Waals surface area (Å²) in [7, 11) is 0. The summed E-state index contributed by atoms with van der Waals surface area (Å²) >= 11 is 0. The summed E-state index contributed by atoms with van der Waals surface area (Å²) in [6, 6.07) is 14.1. The summed E-state index contributed by atoms with van der Waals surface area (Å²) in [5.41, 5.74) is 12.5. The Morgan fingerprint density at radius 1 is 1.04 bits per heavy atom. The van der Waals surface area contributed by atoms with E-state index in [0.717, 1.165) is 39.0 Å². The molecule has 0 radical (unpaired) electrons. The van der Waals surface area contributed by atoms with Crippen molar-refractivity contribution < 1.29 is 0 Å².